The molecule has 1 N–H and O–H groups in total. The second-order valence-electron chi connectivity index (χ2n) is 6.54. The molecule has 0 radical (unpaired) electrons. The molecule has 1 aromatic carbocycles. The summed E-state index contributed by atoms with van der Waals surface area (Å²) >= 11 is 0. The van der Waals surface area contributed by atoms with Crippen molar-refractivity contribution >= 4 is 0 Å². The summed E-state index contributed by atoms with van der Waals surface area (Å²) in [5, 5.41) is 19.9. The van der Waals surface area contributed by atoms with E-state index in [1.165, 1.54) is 0 Å². The average Bonchev–Trinajstić information content (AvgIpc) is 2.37. The highest BCUT2D eigenvalue weighted by atomic mass is 19.1. The van der Waals surface area contributed by atoms with Crippen LogP contribution in [0.25, 0.3) is 0 Å². The lowest BCUT2D eigenvalue weighted by atomic mass is 9.62. The molecule has 4 heteroatoms. The number of halogens is 2. The van der Waals surface area contributed by atoms with Crippen LogP contribution < -0.4 is 0 Å². The molecule has 0 spiro atoms. The highest BCUT2D eigenvalue weighted by Crippen LogP contribution is 2.50. The third kappa shape index (κ3) is 2.83. The smallest absolute Gasteiger partial charge is 0.126 e. The van der Waals surface area contributed by atoms with Crippen LogP contribution in [0.4, 0.5) is 8.78 Å². The van der Waals surface area contributed by atoms with Crippen LogP contribution in [0, 0.1) is 33.8 Å². The van der Waals surface area contributed by atoms with Crippen LogP contribution in [-0.2, 0) is 0 Å². The van der Waals surface area contributed by atoms with Gasteiger partial charge in [0.1, 0.15) is 11.6 Å². The van der Waals surface area contributed by atoms with Crippen molar-refractivity contribution in [3.05, 3.63) is 35.4 Å². The quantitative estimate of drug-likeness (QED) is 0.885. The molecule has 1 aromatic rings. The van der Waals surface area contributed by atoms with Crippen LogP contribution in [0.5, 0.6) is 0 Å². The summed E-state index contributed by atoms with van der Waals surface area (Å²) in [6.45, 7) is 4.26. The minimum Gasteiger partial charge on any atom is -0.387 e. The molecule has 108 valence electrons. The lowest BCUT2D eigenvalue weighted by molar-refractivity contribution is 0.00921. The van der Waals surface area contributed by atoms with Gasteiger partial charge in [-0.05, 0) is 48.8 Å². The zero-order valence-electron chi connectivity index (χ0n) is 11.8. The maximum atomic E-state index is 13.3. The molecule has 0 saturated heterocycles. The molecule has 20 heavy (non-hydrogen) atoms. The largest absolute Gasteiger partial charge is 0.387 e. The predicted octanol–water partition coefficient (Wildman–Crippen LogP) is 4.11. The topological polar surface area (TPSA) is 44.0 Å². The number of aliphatic hydroxyl groups is 1. The van der Waals surface area contributed by atoms with Crippen molar-refractivity contribution in [2.75, 3.05) is 0 Å². The Kier molecular flexibility index (Phi) is 3.84. The molecule has 1 fully saturated rings. The third-order valence-electron chi connectivity index (χ3n) is 4.44. The van der Waals surface area contributed by atoms with Gasteiger partial charge in [0.2, 0.25) is 0 Å². The van der Waals surface area contributed by atoms with Crippen LogP contribution in [0.15, 0.2) is 18.2 Å². The Labute approximate surface area is 118 Å². The summed E-state index contributed by atoms with van der Waals surface area (Å²) in [6, 6.07) is 5.17. The SMILES string of the molecule is CC1(C)CCC(C#N)(C(O)c2cc(F)cc(F)c2)CC1. The van der Waals surface area contributed by atoms with E-state index in [1.807, 2.05) is 0 Å². The van der Waals surface area contributed by atoms with E-state index >= 15 is 0 Å². The highest BCUT2D eigenvalue weighted by molar-refractivity contribution is 5.25. The fourth-order valence-corrected chi connectivity index (χ4v) is 2.87. The minimum absolute atomic E-state index is 0.142. The number of rotatable bonds is 2. The molecule has 1 saturated carbocycles. The first-order valence-electron chi connectivity index (χ1n) is 6.83. The first-order chi connectivity index (χ1) is 9.28. The van der Waals surface area contributed by atoms with E-state index in [9.17, 15) is 19.1 Å². The Morgan fingerprint density at radius 1 is 1.10 bits per heavy atom. The molecule has 2 nitrogen and oxygen atoms in total. The molecule has 1 atom stereocenters. The second kappa shape index (κ2) is 5.14. The van der Waals surface area contributed by atoms with Gasteiger partial charge in [0.05, 0.1) is 17.6 Å². The standard InChI is InChI=1S/C16H19F2NO/c1-15(2)3-5-16(10-19,6-4-15)14(20)11-7-12(17)9-13(18)8-11/h7-9,14,20H,3-6H2,1-2H3. The first kappa shape index (κ1) is 14.9. The number of benzene rings is 1. The van der Waals surface area contributed by atoms with Gasteiger partial charge in [-0.15, -0.1) is 0 Å². The summed E-state index contributed by atoms with van der Waals surface area (Å²) in [6.07, 6.45) is 1.55. The second-order valence-corrected chi connectivity index (χ2v) is 6.54. The van der Waals surface area contributed by atoms with Crippen molar-refractivity contribution in [2.45, 2.75) is 45.6 Å². The van der Waals surface area contributed by atoms with E-state index < -0.39 is 23.2 Å². The molecule has 1 aliphatic rings. The number of nitrogens with zero attached hydrogens (tertiary/aromatic N) is 1. The van der Waals surface area contributed by atoms with Gasteiger partial charge in [0.25, 0.3) is 0 Å². The van der Waals surface area contributed by atoms with Gasteiger partial charge < -0.3 is 5.11 Å². The van der Waals surface area contributed by atoms with Gasteiger partial charge in [-0.1, -0.05) is 13.8 Å². The van der Waals surface area contributed by atoms with Crippen LogP contribution in [0.2, 0.25) is 0 Å². The number of hydrogen-bond acceptors (Lipinski definition) is 2. The van der Waals surface area contributed by atoms with Crippen LogP contribution in [0.1, 0.15) is 51.2 Å². The zero-order chi connectivity index (χ0) is 15.0. The third-order valence-corrected chi connectivity index (χ3v) is 4.44. The van der Waals surface area contributed by atoms with Crippen LogP contribution >= 0.6 is 0 Å². The molecule has 1 aliphatic carbocycles. The van der Waals surface area contributed by atoms with Crippen molar-refractivity contribution in [3.63, 3.8) is 0 Å². The van der Waals surface area contributed by atoms with E-state index in [0.29, 0.717) is 12.8 Å². The average molecular weight is 279 g/mol. The van der Waals surface area contributed by atoms with Gasteiger partial charge in [-0.2, -0.15) is 5.26 Å². The molecular weight excluding hydrogens is 260 g/mol. The Hall–Kier alpha value is -1.47. The lowest BCUT2D eigenvalue weighted by Gasteiger charge is -2.42. The van der Waals surface area contributed by atoms with E-state index in [4.69, 9.17) is 0 Å². The summed E-state index contributed by atoms with van der Waals surface area (Å²) in [4.78, 5) is 0. The van der Waals surface area contributed by atoms with E-state index in [0.717, 1.165) is 31.0 Å². The predicted molar refractivity (Wildman–Crippen MR) is 71.6 cm³/mol. The van der Waals surface area contributed by atoms with Gasteiger partial charge in [-0.3, -0.25) is 0 Å². The van der Waals surface area contributed by atoms with Gasteiger partial charge in [0, 0.05) is 6.07 Å². The first-order valence-corrected chi connectivity index (χ1v) is 6.83. The molecule has 0 amide bonds. The summed E-state index contributed by atoms with van der Waals surface area (Å²) in [5.74, 6) is -1.47. The van der Waals surface area contributed by atoms with Crippen LogP contribution in [0.3, 0.4) is 0 Å². The van der Waals surface area contributed by atoms with Gasteiger partial charge >= 0.3 is 0 Å². The maximum Gasteiger partial charge on any atom is 0.126 e. The Bertz CT molecular complexity index is 518. The number of nitriles is 1. The zero-order valence-corrected chi connectivity index (χ0v) is 11.8. The molecule has 1 unspecified atom stereocenters. The molecule has 0 bridgehead atoms. The summed E-state index contributed by atoms with van der Waals surface area (Å²) in [7, 11) is 0. The van der Waals surface area contributed by atoms with Gasteiger partial charge in [0.15, 0.2) is 0 Å². The Morgan fingerprint density at radius 2 is 1.60 bits per heavy atom. The number of hydrogen-bond donors (Lipinski definition) is 1. The van der Waals surface area contributed by atoms with Crippen LogP contribution in [-0.4, -0.2) is 5.11 Å². The van der Waals surface area contributed by atoms with E-state index in [-0.39, 0.29) is 11.0 Å². The van der Waals surface area contributed by atoms with Crippen molar-refractivity contribution in [3.8, 4) is 6.07 Å². The fraction of sp³-hybridized carbons (Fsp3) is 0.562. The Morgan fingerprint density at radius 3 is 2.05 bits per heavy atom. The van der Waals surface area contributed by atoms with E-state index in [2.05, 4.69) is 19.9 Å². The maximum absolute atomic E-state index is 13.3. The molecule has 0 heterocycles. The normalized spacial score (nSPS) is 22.0. The van der Waals surface area contributed by atoms with Gasteiger partial charge in [-0.25, -0.2) is 8.78 Å². The van der Waals surface area contributed by atoms with Crippen molar-refractivity contribution in [1.82, 2.24) is 0 Å². The summed E-state index contributed by atoms with van der Waals surface area (Å²) in [5.41, 5.74) is -0.660. The molecule has 0 aromatic heterocycles. The monoisotopic (exact) mass is 279 g/mol. The minimum atomic E-state index is -1.16. The van der Waals surface area contributed by atoms with Crippen molar-refractivity contribution < 1.29 is 13.9 Å². The number of aliphatic hydroxyl groups excluding tert-OH is 1. The fourth-order valence-electron chi connectivity index (χ4n) is 2.87. The lowest BCUT2D eigenvalue weighted by Crippen LogP contribution is -2.35. The Balaban J connectivity index is 2.30. The van der Waals surface area contributed by atoms with Crippen molar-refractivity contribution in [2.24, 2.45) is 10.8 Å². The molecule has 0 aliphatic heterocycles. The summed E-state index contributed by atoms with van der Waals surface area (Å²) < 4.78 is 26.5. The van der Waals surface area contributed by atoms with Crippen molar-refractivity contribution in [1.29, 1.82) is 5.26 Å². The highest BCUT2D eigenvalue weighted by Gasteiger charge is 2.44. The molecule has 2 rings (SSSR count). The van der Waals surface area contributed by atoms with E-state index in [1.54, 1.807) is 0 Å². The molecular formula is C16H19F2NO.